The molecular weight excluding hydrogens is 220 g/mol. The van der Waals surface area contributed by atoms with Gasteiger partial charge < -0.3 is 5.73 Å². The fraction of sp³-hybridized carbons (Fsp3) is 0.625. The lowest BCUT2D eigenvalue weighted by Gasteiger charge is -2.36. The number of nitrogens with two attached hydrogens (primary N) is 1. The number of nitrogens with zero attached hydrogens (tertiary/aromatic N) is 1. The van der Waals surface area contributed by atoms with E-state index in [4.69, 9.17) is 5.73 Å². The fourth-order valence-electron chi connectivity index (χ4n) is 3.13. The minimum Gasteiger partial charge on any atom is -0.330 e. The van der Waals surface area contributed by atoms with Gasteiger partial charge in [0.2, 0.25) is 0 Å². The first-order valence-electron chi connectivity index (χ1n) is 7.19. The van der Waals surface area contributed by atoms with Crippen LogP contribution in [0.2, 0.25) is 0 Å². The van der Waals surface area contributed by atoms with Crippen LogP contribution in [-0.2, 0) is 5.41 Å². The molecule has 1 aliphatic heterocycles. The van der Waals surface area contributed by atoms with Crippen LogP contribution >= 0.6 is 0 Å². The second-order valence-electron chi connectivity index (χ2n) is 5.81. The van der Waals surface area contributed by atoms with Gasteiger partial charge in [0, 0.05) is 24.5 Å². The minimum absolute atomic E-state index is 0.0824. The van der Waals surface area contributed by atoms with Crippen LogP contribution in [0.4, 0.5) is 0 Å². The maximum atomic E-state index is 6.08. The number of hydrogen-bond donors (Lipinski definition) is 1. The van der Waals surface area contributed by atoms with Gasteiger partial charge in [0.05, 0.1) is 0 Å². The molecule has 1 fully saturated rings. The first-order valence-corrected chi connectivity index (χ1v) is 7.19. The summed E-state index contributed by atoms with van der Waals surface area (Å²) in [5.41, 5.74) is 7.53. The van der Waals surface area contributed by atoms with Gasteiger partial charge in [-0.2, -0.15) is 0 Å². The normalized spacial score (nSPS) is 24.1. The molecule has 2 N–H and O–H groups in total. The molecule has 1 heterocycles. The second-order valence-corrected chi connectivity index (χ2v) is 5.81. The van der Waals surface area contributed by atoms with Crippen molar-refractivity contribution in [2.45, 2.75) is 44.6 Å². The van der Waals surface area contributed by atoms with Crippen LogP contribution in [0.5, 0.6) is 0 Å². The van der Waals surface area contributed by atoms with E-state index < -0.39 is 0 Å². The van der Waals surface area contributed by atoms with Crippen LogP contribution in [-0.4, -0.2) is 30.6 Å². The predicted molar refractivity (Wildman–Crippen MR) is 77.7 cm³/mol. The molecule has 18 heavy (non-hydrogen) atoms. The average molecular weight is 246 g/mol. The highest BCUT2D eigenvalue weighted by atomic mass is 15.2. The Labute approximate surface area is 111 Å². The van der Waals surface area contributed by atoms with Gasteiger partial charge in [-0.05, 0) is 31.4 Å². The molecule has 100 valence electrons. The van der Waals surface area contributed by atoms with E-state index in [9.17, 15) is 0 Å². The maximum Gasteiger partial charge on any atom is 0.0174 e. The van der Waals surface area contributed by atoms with Gasteiger partial charge in [0.1, 0.15) is 0 Å². The molecule has 2 atom stereocenters. The molecule has 0 amide bonds. The molecule has 1 aliphatic rings. The van der Waals surface area contributed by atoms with Crippen LogP contribution < -0.4 is 5.73 Å². The van der Waals surface area contributed by atoms with E-state index in [0.29, 0.717) is 6.54 Å². The Bertz CT molecular complexity index is 363. The van der Waals surface area contributed by atoms with Crippen molar-refractivity contribution in [2.24, 2.45) is 5.73 Å². The van der Waals surface area contributed by atoms with Gasteiger partial charge in [-0.1, -0.05) is 44.2 Å². The highest BCUT2D eigenvalue weighted by Gasteiger charge is 2.32. The Morgan fingerprint density at radius 3 is 2.67 bits per heavy atom. The molecule has 2 unspecified atom stereocenters. The van der Waals surface area contributed by atoms with Crippen molar-refractivity contribution >= 4 is 0 Å². The molecule has 1 aromatic rings. The van der Waals surface area contributed by atoms with Crippen molar-refractivity contribution in [3.05, 3.63) is 35.9 Å². The van der Waals surface area contributed by atoms with E-state index in [0.717, 1.165) is 12.6 Å². The minimum atomic E-state index is 0.0824. The zero-order valence-electron chi connectivity index (χ0n) is 11.7. The molecular formula is C16H26N2. The molecule has 2 rings (SSSR count). The lowest BCUT2D eigenvalue weighted by Crippen LogP contribution is -2.45. The zero-order chi connectivity index (χ0) is 13.0. The Morgan fingerprint density at radius 2 is 2.06 bits per heavy atom. The average Bonchev–Trinajstić information content (AvgIpc) is 2.86. The van der Waals surface area contributed by atoms with Crippen molar-refractivity contribution in [2.75, 3.05) is 19.6 Å². The molecule has 2 heteroatoms. The molecule has 1 aromatic carbocycles. The molecule has 0 radical (unpaired) electrons. The summed E-state index contributed by atoms with van der Waals surface area (Å²) in [5, 5.41) is 0. The van der Waals surface area contributed by atoms with E-state index in [1.54, 1.807) is 0 Å². The molecule has 0 aliphatic carbocycles. The summed E-state index contributed by atoms with van der Waals surface area (Å²) >= 11 is 0. The van der Waals surface area contributed by atoms with Crippen LogP contribution in [0.15, 0.2) is 30.3 Å². The third-order valence-electron chi connectivity index (χ3n) is 4.44. The Morgan fingerprint density at radius 1 is 1.33 bits per heavy atom. The van der Waals surface area contributed by atoms with E-state index >= 15 is 0 Å². The third-order valence-corrected chi connectivity index (χ3v) is 4.44. The Kier molecular flexibility index (Phi) is 4.41. The van der Waals surface area contributed by atoms with Crippen molar-refractivity contribution in [3.63, 3.8) is 0 Å². The monoisotopic (exact) mass is 246 g/mol. The summed E-state index contributed by atoms with van der Waals surface area (Å²) in [4.78, 5) is 2.64. The third kappa shape index (κ3) is 2.76. The van der Waals surface area contributed by atoms with Gasteiger partial charge in [0.15, 0.2) is 0 Å². The van der Waals surface area contributed by atoms with Gasteiger partial charge >= 0.3 is 0 Å². The lowest BCUT2D eigenvalue weighted by molar-refractivity contribution is 0.198. The standard InChI is InChI=1S/C16H26N2/c1-3-15-10-7-11-18(15)13-16(2,12-17)14-8-5-4-6-9-14/h4-6,8-9,15H,3,7,10-13,17H2,1-2H3. The van der Waals surface area contributed by atoms with Gasteiger partial charge in [0.25, 0.3) is 0 Å². The van der Waals surface area contributed by atoms with Crippen LogP contribution in [0.3, 0.4) is 0 Å². The summed E-state index contributed by atoms with van der Waals surface area (Å²) in [6, 6.07) is 11.5. The number of likely N-dealkylation sites (tertiary alicyclic amines) is 1. The highest BCUT2D eigenvalue weighted by Crippen LogP contribution is 2.28. The quantitative estimate of drug-likeness (QED) is 0.865. The summed E-state index contributed by atoms with van der Waals surface area (Å²) in [7, 11) is 0. The first-order chi connectivity index (χ1) is 8.69. The topological polar surface area (TPSA) is 29.3 Å². The van der Waals surface area contributed by atoms with Crippen molar-refractivity contribution in [1.82, 2.24) is 4.90 Å². The van der Waals surface area contributed by atoms with Crippen LogP contribution in [0.25, 0.3) is 0 Å². The molecule has 2 nitrogen and oxygen atoms in total. The number of benzene rings is 1. The van der Waals surface area contributed by atoms with E-state index in [1.165, 1.54) is 31.4 Å². The highest BCUT2D eigenvalue weighted by molar-refractivity contribution is 5.25. The lowest BCUT2D eigenvalue weighted by atomic mass is 9.82. The zero-order valence-corrected chi connectivity index (χ0v) is 11.7. The van der Waals surface area contributed by atoms with Gasteiger partial charge in [-0.3, -0.25) is 4.90 Å². The van der Waals surface area contributed by atoms with Crippen molar-refractivity contribution < 1.29 is 0 Å². The van der Waals surface area contributed by atoms with Crippen molar-refractivity contribution in [1.29, 1.82) is 0 Å². The van der Waals surface area contributed by atoms with E-state index in [2.05, 4.69) is 49.1 Å². The largest absolute Gasteiger partial charge is 0.330 e. The Hall–Kier alpha value is -0.860. The maximum absolute atomic E-state index is 6.08. The second kappa shape index (κ2) is 5.85. The van der Waals surface area contributed by atoms with Crippen LogP contribution in [0.1, 0.15) is 38.7 Å². The molecule has 1 saturated heterocycles. The smallest absolute Gasteiger partial charge is 0.0174 e. The predicted octanol–water partition coefficient (Wildman–Crippen LogP) is 2.78. The van der Waals surface area contributed by atoms with Crippen LogP contribution in [0, 0.1) is 0 Å². The first kappa shape index (κ1) is 13.6. The molecule has 0 aromatic heterocycles. The number of rotatable bonds is 5. The molecule has 0 saturated carbocycles. The van der Waals surface area contributed by atoms with E-state index in [-0.39, 0.29) is 5.41 Å². The van der Waals surface area contributed by atoms with Crippen molar-refractivity contribution in [3.8, 4) is 0 Å². The Balaban J connectivity index is 2.13. The fourth-order valence-corrected chi connectivity index (χ4v) is 3.13. The summed E-state index contributed by atoms with van der Waals surface area (Å²) in [6.45, 7) is 7.63. The summed E-state index contributed by atoms with van der Waals surface area (Å²) < 4.78 is 0. The van der Waals surface area contributed by atoms with Gasteiger partial charge in [-0.25, -0.2) is 0 Å². The van der Waals surface area contributed by atoms with Gasteiger partial charge in [-0.15, -0.1) is 0 Å². The summed E-state index contributed by atoms with van der Waals surface area (Å²) in [6.07, 6.45) is 3.95. The molecule has 0 spiro atoms. The summed E-state index contributed by atoms with van der Waals surface area (Å²) in [5.74, 6) is 0. The molecule has 0 bridgehead atoms. The number of hydrogen-bond acceptors (Lipinski definition) is 2. The SMILES string of the molecule is CCC1CCCN1CC(C)(CN)c1ccccc1. The van der Waals surface area contributed by atoms with E-state index in [1.807, 2.05) is 0 Å².